The molecule has 0 radical (unpaired) electrons. The van der Waals surface area contributed by atoms with Crippen molar-refractivity contribution < 1.29 is 14.6 Å². The minimum Gasteiger partial charge on any atom is -0.508 e. The van der Waals surface area contributed by atoms with E-state index in [1.165, 1.54) is 6.07 Å². The molecule has 0 aliphatic rings. The number of hydrogen-bond donors (Lipinski definition) is 2. The summed E-state index contributed by atoms with van der Waals surface area (Å²) in [6.45, 7) is 5.38. The summed E-state index contributed by atoms with van der Waals surface area (Å²) in [7, 11) is 0. The van der Waals surface area contributed by atoms with E-state index in [0.717, 1.165) is 17.3 Å². The molecule has 2 N–H and O–H groups in total. The van der Waals surface area contributed by atoms with Gasteiger partial charge in [-0.25, -0.2) is 4.79 Å². The van der Waals surface area contributed by atoms with E-state index in [2.05, 4.69) is 21.2 Å². The number of hydrogen-bond acceptors (Lipinski definition) is 3. The number of alkyl halides is 1. The first-order chi connectivity index (χ1) is 8.31. The van der Waals surface area contributed by atoms with Crippen LogP contribution in [0.25, 0.3) is 0 Å². The van der Waals surface area contributed by atoms with Crippen LogP contribution in [0.5, 0.6) is 5.75 Å². The maximum atomic E-state index is 11.5. The van der Waals surface area contributed by atoms with Crippen LogP contribution < -0.4 is 5.32 Å². The lowest BCUT2D eigenvalue weighted by atomic mass is 10.1. The fourth-order valence-corrected chi connectivity index (χ4v) is 1.80. The van der Waals surface area contributed by atoms with Crippen LogP contribution in [-0.4, -0.2) is 22.1 Å². The van der Waals surface area contributed by atoms with Crippen molar-refractivity contribution in [2.75, 3.05) is 10.6 Å². The van der Waals surface area contributed by atoms with E-state index in [9.17, 15) is 9.90 Å². The van der Waals surface area contributed by atoms with Gasteiger partial charge in [-0.2, -0.15) is 0 Å². The Morgan fingerprint density at radius 3 is 2.61 bits per heavy atom. The Morgan fingerprint density at radius 2 is 2.11 bits per heavy atom. The van der Waals surface area contributed by atoms with Crippen molar-refractivity contribution in [2.24, 2.45) is 0 Å². The Morgan fingerprint density at radius 1 is 1.44 bits per heavy atom. The van der Waals surface area contributed by atoms with Crippen molar-refractivity contribution in [1.29, 1.82) is 0 Å². The molecule has 1 amide bonds. The Labute approximate surface area is 115 Å². The average molecular weight is 316 g/mol. The minimum atomic E-state index is -0.540. The zero-order valence-electron chi connectivity index (χ0n) is 10.8. The largest absolute Gasteiger partial charge is 0.508 e. The van der Waals surface area contributed by atoms with Gasteiger partial charge in [0.05, 0.1) is 0 Å². The summed E-state index contributed by atoms with van der Waals surface area (Å²) in [6.07, 6.45) is 0.202. The second-order valence-electron chi connectivity index (χ2n) is 4.91. The quantitative estimate of drug-likeness (QED) is 0.836. The number of aryl methyl sites for hydroxylation is 1. The van der Waals surface area contributed by atoms with Crippen LogP contribution in [0.4, 0.5) is 10.5 Å². The number of aromatic hydroxyl groups is 1. The predicted octanol–water partition coefficient (Wildman–Crippen LogP) is 3.68. The van der Waals surface area contributed by atoms with Crippen LogP contribution >= 0.6 is 15.9 Å². The van der Waals surface area contributed by atoms with Gasteiger partial charge in [-0.1, -0.05) is 22.0 Å². The van der Waals surface area contributed by atoms with Crippen molar-refractivity contribution in [3.8, 4) is 5.75 Å². The number of phenols is 1. The predicted molar refractivity (Wildman–Crippen MR) is 75.5 cm³/mol. The first-order valence-electron chi connectivity index (χ1n) is 5.69. The maximum absolute atomic E-state index is 11.5. The molecule has 0 aliphatic heterocycles. The van der Waals surface area contributed by atoms with Gasteiger partial charge in [-0.05, 0) is 38.8 Å². The number of ether oxygens (including phenoxy) is 1. The molecule has 5 heteroatoms. The van der Waals surface area contributed by atoms with E-state index >= 15 is 0 Å². The summed E-state index contributed by atoms with van der Waals surface area (Å²) in [5.74, 6) is 0.169. The molecule has 0 saturated heterocycles. The second-order valence-corrected chi connectivity index (χ2v) is 5.70. The van der Waals surface area contributed by atoms with E-state index in [-0.39, 0.29) is 5.75 Å². The van der Waals surface area contributed by atoms with Crippen molar-refractivity contribution in [3.05, 3.63) is 23.8 Å². The number of nitrogens with one attached hydrogen (secondary N) is 1. The lowest BCUT2D eigenvalue weighted by Crippen LogP contribution is -2.27. The smallest absolute Gasteiger partial charge is 0.412 e. The standard InChI is InChI=1S/C13H18BrNO3/c1-13(2,3)18-12(17)15-10-5-4-9(6-7-14)11(16)8-10/h4-5,8,16H,6-7H2,1-3H3,(H,15,17). The lowest BCUT2D eigenvalue weighted by molar-refractivity contribution is 0.0636. The number of phenolic OH excluding ortho intramolecular Hbond substituents is 1. The third-order valence-electron chi connectivity index (χ3n) is 2.09. The fraction of sp³-hybridized carbons (Fsp3) is 0.462. The first kappa shape index (κ1) is 14.8. The van der Waals surface area contributed by atoms with Crippen molar-refractivity contribution in [1.82, 2.24) is 0 Å². The molecule has 0 atom stereocenters. The first-order valence-corrected chi connectivity index (χ1v) is 6.82. The van der Waals surface area contributed by atoms with E-state index in [0.29, 0.717) is 5.69 Å². The topological polar surface area (TPSA) is 58.6 Å². The van der Waals surface area contributed by atoms with Crippen molar-refractivity contribution in [3.63, 3.8) is 0 Å². The average Bonchev–Trinajstić information content (AvgIpc) is 2.19. The summed E-state index contributed by atoms with van der Waals surface area (Å²) in [5.41, 5.74) is 0.809. The van der Waals surface area contributed by atoms with E-state index < -0.39 is 11.7 Å². The molecule has 0 heterocycles. The third kappa shape index (κ3) is 4.96. The third-order valence-corrected chi connectivity index (χ3v) is 2.49. The van der Waals surface area contributed by atoms with E-state index in [1.54, 1.807) is 32.9 Å². The number of rotatable bonds is 3. The zero-order valence-corrected chi connectivity index (χ0v) is 12.4. The summed E-state index contributed by atoms with van der Waals surface area (Å²) < 4.78 is 5.12. The van der Waals surface area contributed by atoms with E-state index in [1.807, 2.05) is 0 Å². The number of benzene rings is 1. The van der Waals surface area contributed by atoms with Gasteiger partial charge in [0.2, 0.25) is 0 Å². The SMILES string of the molecule is CC(C)(C)OC(=O)Nc1ccc(CCBr)c(O)c1. The molecule has 18 heavy (non-hydrogen) atoms. The van der Waals surface area contributed by atoms with Crippen molar-refractivity contribution >= 4 is 27.7 Å². The van der Waals surface area contributed by atoms with Crippen LogP contribution in [0, 0.1) is 0 Å². The fourth-order valence-electron chi connectivity index (χ4n) is 1.38. The normalized spacial score (nSPS) is 11.1. The molecule has 100 valence electrons. The second kappa shape index (κ2) is 6.09. The van der Waals surface area contributed by atoms with Crippen molar-refractivity contribution in [2.45, 2.75) is 32.8 Å². The van der Waals surface area contributed by atoms with Gasteiger partial charge in [-0.3, -0.25) is 5.32 Å². The summed E-state index contributed by atoms with van der Waals surface area (Å²) >= 11 is 3.31. The van der Waals surface area contributed by atoms with Crippen LogP contribution in [0.15, 0.2) is 18.2 Å². The molecule has 1 rings (SSSR count). The van der Waals surface area contributed by atoms with Crippen LogP contribution in [0.3, 0.4) is 0 Å². The highest BCUT2D eigenvalue weighted by Crippen LogP contribution is 2.23. The highest BCUT2D eigenvalue weighted by atomic mass is 79.9. The minimum absolute atomic E-state index is 0.169. The Hall–Kier alpha value is -1.23. The number of amides is 1. The van der Waals surface area contributed by atoms with Crippen LogP contribution in [0.1, 0.15) is 26.3 Å². The number of carbonyl (C=O) groups excluding carboxylic acids is 1. The van der Waals surface area contributed by atoms with E-state index in [4.69, 9.17) is 4.74 Å². The Kier molecular flexibility index (Phi) is 5.02. The molecule has 1 aromatic rings. The molecule has 0 aromatic heterocycles. The molecule has 0 saturated carbocycles. The molecule has 0 aliphatic carbocycles. The van der Waals surface area contributed by atoms with Gasteiger partial charge < -0.3 is 9.84 Å². The molecule has 0 fully saturated rings. The van der Waals surface area contributed by atoms with Gasteiger partial charge in [0.25, 0.3) is 0 Å². The molecule has 0 spiro atoms. The zero-order chi connectivity index (χ0) is 13.8. The van der Waals surface area contributed by atoms with Gasteiger partial charge in [0.1, 0.15) is 11.4 Å². The molecule has 1 aromatic carbocycles. The summed E-state index contributed by atoms with van der Waals surface area (Å²) in [4.78, 5) is 11.5. The number of carbonyl (C=O) groups is 1. The Bertz CT molecular complexity index is 427. The van der Waals surface area contributed by atoms with Gasteiger partial charge >= 0.3 is 6.09 Å². The summed E-state index contributed by atoms with van der Waals surface area (Å²) in [5, 5.41) is 13.1. The number of halogens is 1. The van der Waals surface area contributed by atoms with Gasteiger partial charge in [-0.15, -0.1) is 0 Å². The van der Waals surface area contributed by atoms with Gasteiger partial charge in [0, 0.05) is 17.1 Å². The van der Waals surface area contributed by atoms with Crippen LogP contribution in [0.2, 0.25) is 0 Å². The number of anilines is 1. The highest BCUT2D eigenvalue weighted by Gasteiger charge is 2.16. The Balaban J connectivity index is 2.69. The molecule has 0 bridgehead atoms. The van der Waals surface area contributed by atoms with Gasteiger partial charge in [0.15, 0.2) is 0 Å². The molecule has 0 unspecified atom stereocenters. The highest BCUT2D eigenvalue weighted by molar-refractivity contribution is 9.09. The van der Waals surface area contributed by atoms with Crippen LogP contribution in [-0.2, 0) is 11.2 Å². The monoisotopic (exact) mass is 315 g/mol. The molecular formula is C13H18BrNO3. The molecule has 4 nitrogen and oxygen atoms in total. The summed E-state index contributed by atoms with van der Waals surface area (Å²) in [6, 6.07) is 5.03. The lowest BCUT2D eigenvalue weighted by Gasteiger charge is -2.19. The molecular weight excluding hydrogens is 298 g/mol. The maximum Gasteiger partial charge on any atom is 0.412 e.